The summed E-state index contributed by atoms with van der Waals surface area (Å²) in [6, 6.07) is 18.9. The van der Waals surface area contributed by atoms with Crippen molar-refractivity contribution in [2.75, 3.05) is 44.4 Å². The standard InChI is InChI=1S/C29H35NO5S/c1-4-33-26(29(31)34-5-2)19-22-6-12-25(13-7-22)35-20-28-21(3)18-27(36-28)23-8-10-24(11-9-23)30-14-16-32-17-15-30/h6-13,18,26H,4-5,14-17,19-20H2,1-3H3. The zero-order chi connectivity index (χ0) is 25.3. The van der Waals surface area contributed by atoms with Gasteiger partial charge in [0.05, 0.1) is 19.8 Å². The van der Waals surface area contributed by atoms with Gasteiger partial charge in [0.2, 0.25) is 0 Å². The van der Waals surface area contributed by atoms with E-state index in [0.717, 1.165) is 37.6 Å². The van der Waals surface area contributed by atoms with Gasteiger partial charge >= 0.3 is 5.97 Å². The molecule has 0 aliphatic carbocycles. The number of thiophene rings is 1. The van der Waals surface area contributed by atoms with Gasteiger partial charge in [-0.1, -0.05) is 24.3 Å². The molecule has 192 valence electrons. The van der Waals surface area contributed by atoms with Crippen molar-refractivity contribution < 1.29 is 23.7 Å². The lowest BCUT2D eigenvalue weighted by Gasteiger charge is -2.28. The van der Waals surface area contributed by atoms with Crippen molar-refractivity contribution in [1.29, 1.82) is 0 Å². The van der Waals surface area contributed by atoms with E-state index < -0.39 is 6.10 Å². The number of aryl methyl sites for hydroxylation is 1. The predicted octanol–water partition coefficient (Wildman–Crippen LogP) is 5.65. The number of esters is 1. The lowest BCUT2D eigenvalue weighted by molar-refractivity contribution is -0.156. The first-order valence-corrected chi connectivity index (χ1v) is 13.4. The highest BCUT2D eigenvalue weighted by atomic mass is 32.1. The van der Waals surface area contributed by atoms with Crippen LogP contribution < -0.4 is 9.64 Å². The van der Waals surface area contributed by atoms with Crippen molar-refractivity contribution in [2.45, 2.75) is 39.9 Å². The van der Waals surface area contributed by atoms with Gasteiger partial charge in [0.1, 0.15) is 12.4 Å². The van der Waals surface area contributed by atoms with Crippen LogP contribution in [-0.2, 0) is 32.0 Å². The first-order valence-electron chi connectivity index (χ1n) is 12.6. The summed E-state index contributed by atoms with van der Waals surface area (Å²) in [6.45, 7) is 10.6. The van der Waals surface area contributed by atoms with Crippen molar-refractivity contribution in [3.05, 3.63) is 70.6 Å². The summed E-state index contributed by atoms with van der Waals surface area (Å²) in [7, 11) is 0. The van der Waals surface area contributed by atoms with Crippen LogP contribution in [0.1, 0.15) is 29.9 Å². The fourth-order valence-corrected chi connectivity index (χ4v) is 5.29. The summed E-state index contributed by atoms with van der Waals surface area (Å²) in [5.74, 6) is 0.478. The number of morpholine rings is 1. The largest absolute Gasteiger partial charge is 0.488 e. The summed E-state index contributed by atoms with van der Waals surface area (Å²) >= 11 is 1.77. The van der Waals surface area contributed by atoms with Crippen molar-refractivity contribution in [3.8, 4) is 16.2 Å². The van der Waals surface area contributed by atoms with E-state index in [1.807, 2.05) is 31.2 Å². The third kappa shape index (κ3) is 6.87. The Balaban J connectivity index is 1.34. The van der Waals surface area contributed by atoms with Crippen LogP contribution in [0.15, 0.2) is 54.6 Å². The Morgan fingerprint density at radius 3 is 2.42 bits per heavy atom. The fourth-order valence-electron chi connectivity index (χ4n) is 4.19. The first-order chi connectivity index (χ1) is 17.6. The Bertz CT molecular complexity index is 1100. The molecular weight excluding hydrogens is 474 g/mol. The number of carbonyl (C=O) groups is 1. The Hall–Kier alpha value is -2.87. The molecule has 0 bridgehead atoms. The topological polar surface area (TPSA) is 57.2 Å². The van der Waals surface area contributed by atoms with E-state index in [-0.39, 0.29) is 5.97 Å². The molecule has 1 saturated heterocycles. The molecule has 0 spiro atoms. The Morgan fingerprint density at radius 2 is 1.75 bits per heavy atom. The highest BCUT2D eigenvalue weighted by Gasteiger charge is 2.20. The molecule has 1 aliphatic rings. The van der Waals surface area contributed by atoms with Crippen LogP contribution in [0.4, 0.5) is 5.69 Å². The van der Waals surface area contributed by atoms with Crippen molar-refractivity contribution in [2.24, 2.45) is 0 Å². The highest BCUT2D eigenvalue weighted by molar-refractivity contribution is 7.15. The van der Waals surface area contributed by atoms with Gasteiger partial charge in [-0.25, -0.2) is 4.79 Å². The van der Waals surface area contributed by atoms with Crippen molar-refractivity contribution >= 4 is 23.0 Å². The predicted molar refractivity (Wildman–Crippen MR) is 144 cm³/mol. The molecule has 2 aromatic carbocycles. The molecule has 0 saturated carbocycles. The SMILES string of the molecule is CCOC(=O)C(Cc1ccc(OCc2sc(-c3ccc(N4CCOCC4)cc3)cc2C)cc1)OCC. The molecule has 1 aliphatic heterocycles. The van der Waals surface area contributed by atoms with Gasteiger partial charge in [0.15, 0.2) is 6.10 Å². The maximum absolute atomic E-state index is 12.1. The van der Waals surface area contributed by atoms with Crippen molar-refractivity contribution in [3.63, 3.8) is 0 Å². The van der Waals surface area contributed by atoms with Gasteiger partial charge in [-0.2, -0.15) is 0 Å². The minimum absolute atomic E-state index is 0.320. The Labute approximate surface area is 217 Å². The molecular formula is C29H35NO5S. The van der Waals surface area contributed by atoms with Gasteiger partial charge in [0.25, 0.3) is 0 Å². The zero-order valence-electron chi connectivity index (χ0n) is 21.3. The number of hydrogen-bond acceptors (Lipinski definition) is 7. The summed E-state index contributed by atoms with van der Waals surface area (Å²) < 4.78 is 22.2. The molecule has 36 heavy (non-hydrogen) atoms. The Kier molecular flexibility index (Phi) is 9.39. The second-order valence-electron chi connectivity index (χ2n) is 8.70. The van der Waals surface area contributed by atoms with Gasteiger partial charge < -0.3 is 23.8 Å². The van der Waals surface area contributed by atoms with Crippen LogP contribution in [-0.4, -0.2) is 51.6 Å². The lowest BCUT2D eigenvalue weighted by Crippen LogP contribution is -2.36. The minimum atomic E-state index is -0.586. The van der Waals surface area contributed by atoms with E-state index >= 15 is 0 Å². The molecule has 0 N–H and O–H groups in total. The molecule has 7 heteroatoms. The number of carbonyl (C=O) groups excluding carboxylic acids is 1. The summed E-state index contributed by atoms with van der Waals surface area (Å²) in [6.07, 6.45) is -0.109. The first kappa shape index (κ1) is 26.2. The molecule has 0 amide bonds. The molecule has 1 atom stereocenters. The second-order valence-corrected chi connectivity index (χ2v) is 9.83. The zero-order valence-corrected chi connectivity index (χ0v) is 22.1. The van der Waals surface area contributed by atoms with Gasteiger partial charge in [-0.15, -0.1) is 11.3 Å². The van der Waals surface area contributed by atoms with Crippen LogP contribution in [0.5, 0.6) is 5.75 Å². The summed E-state index contributed by atoms with van der Waals surface area (Å²) in [5.41, 5.74) is 4.71. The maximum atomic E-state index is 12.1. The molecule has 3 aromatic rings. The third-order valence-electron chi connectivity index (χ3n) is 6.18. The Morgan fingerprint density at radius 1 is 1.03 bits per heavy atom. The van der Waals surface area contributed by atoms with Crippen LogP contribution in [0.3, 0.4) is 0 Å². The van der Waals surface area contributed by atoms with Crippen molar-refractivity contribution in [1.82, 2.24) is 0 Å². The quantitative estimate of drug-likeness (QED) is 0.311. The highest BCUT2D eigenvalue weighted by Crippen LogP contribution is 2.33. The molecule has 4 rings (SSSR count). The number of ether oxygens (including phenoxy) is 4. The van der Waals surface area contributed by atoms with E-state index in [0.29, 0.717) is 26.2 Å². The number of benzene rings is 2. The average Bonchev–Trinajstić information content (AvgIpc) is 3.29. The van der Waals surface area contributed by atoms with E-state index in [9.17, 15) is 4.79 Å². The van der Waals surface area contributed by atoms with Gasteiger partial charge in [-0.05, 0) is 67.8 Å². The van der Waals surface area contributed by atoms with Gasteiger partial charge in [0, 0.05) is 41.6 Å². The third-order valence-corrected chi connectivity index (χ3v) is 7.44. The summed E-state index contributed by atoms with van der Waals surface area (Å²) in [5, 5.41) is 0. The van der Waals surface area contributed by atoms with Crippen LogP contribution in [0, 0.1) is 6.92 Å². The number of anilines is 1. The molecule has 6 nitrogen and oxygen atoms in total. The molecule has 1 aromatic heterocycles. The van der Waals surface area contributed by atoms with E-state index in [2.05, 4.69) is 42.2 Å². The van der Waals surface area contributed by atoms with Crippen LogP contribution in [0.2, 0.25) is 0 Å². The molecule has 1 unspecified atom stereocenters. The van der Waals surface area contributed by atoms with E-state index in [1.54, 1.807) is 18.3 Å². The van der Waals surface area contributed by atoms with Crippen LogP contribution >= 0.6 is 11.3 Å². The number of rotatable bonds is 11. The smallest absolute Gasteiger partial charge is 0.335 e. The number of nitrogens with zero attached hydrogens (tertiary/aromatic N) is 1. The lowest BCUT2D eigenvalue weighted by atomic mass is 10.1. The normalized spacial score (nSPS) is 14.5. The van der Waals surface area contributed by atoms with E-state index in [4.69, 9.17) is 18.9 Å². The van der Waals surface area contributed by atoms with E-state index in [1.165, 1.54) is 26.6 Å². The molecule has 0 radical (unpaired) electrons. The summed E-state index contributed by atoms with van der Waals surface area (Å²) in [4.78, 5) is 16.9. The molecule has 2 heterocycles. The second kappa shape index (κ2) is 12.9. The average molecular weight is 510 g/mol. The maximum Gasteiger partial charge on any atom is 0.335 e. The fraction of sp³-hybridized carbons (Fsp3) is 0.414. The monoisotopic (exact) mass is 509 g/mol. The minimum Gasteiger partial charge on any atom is -0.488 e. The molecule has 1 fully saturated rings. The number of hydrogen-bond donors (Lipinski definition) is 0. The van der Waals surface area contributed by atoms with Crippen LogP contribution in [0.25, 0.3) is 10.4 Å². The van der Waals surface area contributed by atoms with Gasteiger partial charge in [-0.3, -0.25) is 0 Å².